The molecule has 2 N–H and O–H groups in total. The monoisotopic (exact) mass is 140 g/mol. The molecule has 1 rings (SSSR count). The molecule has 0 aliphatic carbocycles. The molecule has 0 saturated carbocycles. The van der Waals surface area contributed by atoms with Crippen LogP contribution in [0.4, 0.5) is 0 Å². The Morgan fingerprint density at radius 1 is 1.60 bits per heavy atom. The zero-order chi connectivity index (χ0) is 7.56. The molecule has 1 fully saturated rings. The van der Waals surface area contributed by atoms with Gasteiger partial charge in [-0.2, -0.15) is 0 Å². The first kappa shape index (κ1) is 7.73. The molecule has 0 aromatic heterocycles. The second-order valence-electron chi connectivity index (χ2n) is 3.26. The first-order valence-electron chi connectivity index (χ1n) is 4.03. The van der Waals surface area contributed by atoms with Crippen LogP contribution < -0.4 is 5.32 Å². The number of rotatable bonds is 2. The van der Waals surface area contributed by atoms with Crippen LogP contribution in [0, 0.1) is 11.3 Å². The van der Waals surface area contributed by atoms with Gasteiger partial charge in [-0.15, -0.1) is 0 Å². The fraction of sp³-hybridized carbons (Fsp3) is 0.875. The van der Waals surface area contributed by atoms with E-state index in [0.29, 0.717) is 12.0 Å². The Hall–Kier alpha value is -0.370. The molecule has 0 aromatic carbocycles. The highest BCUT2D eigenvalue weighted by Crippen LogP contribution is 2.10. The highest BCUT2D eigenvalue weighted by molar-refractivity contribution is 5.88. The Kier molecular flexibility index (Phi) is 2.44. The summed E-state index contributed by atoms with van der Waals surface area (Å²) in [6, 6.07) is 0.389. The van der Waals surface area contributed by atoms with Crippen LogP contribution >= 0.6 is 0 Å². The molecule has 0 aromatic rings. The standard InChI is InChI=1S/C8H16N2/c1-6(2)8(9)7-4-3-5-10-7/h6-7,9-10H,3-5H2,1-2H3. The largest absolute Gasteiger partial charge is 0.309 e. The molecule has 1 aliphatic rings. The van der Waals surface area contributed by atoms with Crippen molar-refractivity contribution >= 4 is 5.71 Å². The van der Waals surface area contributed by atoms with E-state index >= 15 is 0 Å². The lowest BCUT2D eigenvalue weighted by molar-refractivity contribution is 0.703. The zero-order valence-electron chi connectivity index (χ0n) is 6.78. The topological polar surface area (TPSA) is 35.9 Å². The summed E-state index contributed by atoms with van der Waals surface area (Å²) in [5.41, 5.74) is 0.873. The van der Waals surface area contributed by atoms with Crippen molar-refractivity contribution in [2.75, 3.05) is 6.54 Å². The molecule has 0 spiro atoms. The van der Waals surface area contributed by atoms with Crippen molar-refractivity contribution < 1.29 is 0 Å². The average Bonchev–Trinajstić information content (AvgIpc) is 2.36. The lowest BCUT2D eigenvalue weighted by Crippen LogP contribution is -2.33. The van der Waals surface area contributed by atoms with Crippen molar-refractivity contribution in [3.8, 4) is 0 Å². The second kappa shape index (κ2) is 3.15. The summed E-state index contributed by atoms with van der Waals surface area (Å²) in [4.78, 5) is 0. The Bertz CT molecular complexity index is 123. The van der Waals surface area contributed by atoms with E-state index in [0.717, 1.165) is 18.7 Å². The van der Waals surface area contributed by atoms with Gasteiger partial charge in [0.15, 0.2) is 0 Å². The van der Waals surface area contributed by atoms with E-state index in [4.69, 9.17) is 5.41 Å². The number of hydrogen-bond acceptors (Lipinski definition) is 2. The van der Waals surface area contributed by atoms with Crippen molar-refractivity contribution in [3.05, 3.63) is 0 Å². The first-order valence-corrected chi connectivity index (χ1v) is 4.03. The van der Waals surface area contributed by atoms with Crippen molar-refractivity contribution in [1.29, 1.82) is 5.41 Å². The second-order valence-corrected chi connectivity index (χ2v) is 3.26. The van der Waals surface area contributed by atoms with Crippen LogP contribution in [-0.2, 0) is 0 Å². The molecular weight excluding hydrogens is 124 g/mol. The molecule has 1 unspecified atom stereocenters. The SMILES string of the molecule is CC(C)C(=N)C1CCCN1. The van der Waals surface area contributed by atoms with Crippen LogP contribution in [-0.4, -0.2) is 18.3 Å². The molecular formula is C8H16N2. The van der Waals surface area contributed by atoms with Crippen LogP contribution in [0.2, 0.25) is 0 Å². The minimum Gasteiger partial charge on any atom is -0.309 e. The molecule has 1 heterocycles. The number of nitrogens with one attached hydrogen (secondary N) is 2. The van der Waals surface area contributed by atoms with E-state index in [1.807, 2.05) is 0 Å². The predicted molar refractivity (Wildman–Crippen MR) is 43.6 cm³/mol. The van der Waals surface area contributed by atoms with Gasteiger partial charge in [0.2, 0.25) is 0 Å². The molecule has 2 heteroatoms. The van der Waals surface area contributed by atoms with E-state index in [2.05, 4.69) is 19.2 Å². The number of hydrogen-bond donors (Lipinski definition) is 2. The fourth-order valence-electron chi connectivity index (χ4n) is 1.35. The van der Waals surface area contributed by atoms with Gasteiger partial charge >= 0.3 is 0 Å². The molecule has 1 atom stereocenters. The van der Waals surface area contributed by atoms with Crippen molar-refractivity contribution in [2.24, 2.45) is 5.92 Å². The smallest absolute Gasteiger partial charge is 0.0451 e. The molecule has 1 aliphatic heterocycles. The van der Waals surface area contributed by atoms with Gasteiger partial charge in [0, 0.05) is 11.8 Å². The van der Waals surface area contributed by atoms with Crippen molar-refractivity contribution in [1.82, 2.24) is 5.32 Å². The minimum absolute atomic E-state index is 0.389. The third-order valence-corrected chi connectivity index (χ3v) is 2.06. The van der Waals surface area contributed by atoms with E-state index in [1.54, 1.807) is 0 Å². The van der Waals surface area contributed by atoms with E-state index < -0.39 is 0 Å². The lowest BCUT2D eigenvalue weighted by atomic mass is 10.00. The van der Waals surface area contributed by atoms with Gasteiger partial charge in [-0.25, -0.2) is 0 Å². The van der Waals surface area contributed by atoms with Gasteiger partial charge in [-0.3, -0.25) is 0 Å². The normalized spacial score (nSPS) is 25.7. The van der Waals surface area contributed by atoms with Crippen molar-refractivity contribution in [2.45, 2.75) is 32.7 Å². The average molecular weight is 140 g/mol. The summed E-state index contributed by atoms with van der Waals surface area (Å²) in [7, 11) is 0. The maximum Gasteiger partial charge on any atom is 0.0451 e. The summed E-state index contributed by atoms with van der Waals surface area (Å²) in [5, 5.41) is 11.0. The highest BCUT2D eigenvalue weighted by atomic mass is 14.9. The van der Waals surface area contributed by atoms with Gasteiger partial charge in [-0.1, -0.05) is 13.8 Å². The summed E-state index contributed by atoms with van der Waals surface area (Å²) in [6.45, 7) is 5.27. The molecule has 0 bridgehead atoms. The molecule has 1 saturated heterocycles. The molecule has 58 valence electrons. The Labute approximate surface area is 62.5 Å². The summed E-state index contributed by atoms with van der Waals surface area (Å²) in [6.07, 6.45) is 2.40. The zero-order valence-corrected chi connectivity index (χ0v) is 6.78. The van der Waals surface area contributed by atoms with Gasteiger partial charge in [0.25, 0.3) is 0 Å². The Balaban J connectivity index is 2.40. The molecule has 0 radical (unpaired) electrons. The fourth-order valence-corrected chi connectivity index (χ4v) is 1.35. The van der Waals surface area contributed by atoms with Gasteiger partial charge in [0.05, 0.1) is 0 Å². The predicted octanol–water partition coefficient (Wildman–Crippen LogP) is 1.41. The van der Waals surface area contributed by atoms with Gasteiger partial charge < -0.3 is 10.7 Å². The van der Waals surface area contributed by atoms with Crippen LogP contribution in [0.15, 0.2) is 0 Å². The quantitative estimate of drug-likeness (QED) is 0.559. The molecule has 10 heavy (non-hydrogen) atoms. The molecule has 0 amide bonds. The van der Waals surface area contributed by atoms with Crippen LogP contribution in [0.1, 0.15) is 26.7 Å². The summed E-state index contributed by atoms with van der Waals surface area (Å²) >= 11 is 0. The maximum absolute atomic E-state index is 7.68. The highest BCUT2D eigenvalue weighted by Gasteiger charge is 2.20. The van der Waals surface area contributed by atoms with Crippen molar-refractivity contribution in [3.63, 3.8) is 0 Å². The molecule has 2 nitrogen and oxygen atoms in total. The lowest BCUT2D eigenvalue weighted by Gasteiger charge is -2.14. The summed E-state index contributed by atoms with van der Waals surface area (Å²) < 4.78 is 0. The van der Waals surface area contributed by atoms with Crippen LogP contribution in [0.25, 0.3) is 0 Å². The van der Waals surface area contributed by atoms with E-state index in [-0.39, 0.29) is 0 Å². The minimum atomic E-state index is 0.389. The van der Waals surface area contributed by atoms with Crippen LogP contribution in [0.3, 0.4) is 0 Å². The van der Waals surface area contributed by atoms with E-state index in [1.165, 1.54) is 6.42 Å². The Morgan fingerprint density at radius 2 is 2.30 bits per heavy atom. The van der Waals surface area contributed by atoms with Crippen LogP contribution in [0.5, 0.6) is 0 Å². The third-order valence-electron chi connectivity index (χ3n) is 2.06. The van der Waals surface area contributed by atoms with E-state index in [9.17, 15) is 0 Å². The van der Waals surface area contributed by atoms with Gasteiger partial charge in [-0.05, 0) is 25.3 Å². The third kappa shape index (κ3) is 1.57. The maximum atomic E-state index is 7.68. The Morgan fingerprint density at radius 3 is 2.70 bits per heavy atom. The first-order chi connectivity index (χ1) is 4.72. The van der Waals surface area contributed by atoms with Gasteiger partial charge in [0.1, 0.15) is 0 Å². The summed E-state index contributed by atoms with van der Waals surface area (Å²) in [5.74, 6) is 0.413.